The van der Waals surface area contributed by atoms with Gasteiger partial charge in [-0.1, -0.05) is 6.07 Å². The standard InChI is InChI=1S/C11H10BrFN4O/c1-5-8(14)10(17-16-5)11(18)15-9-6(12)3-2-4-7(9)13/h2-4H,14H2,1H3,(H,15,18)(H,16,17). The quantitative estimate of drug-likeness (QED) is 0.796. The lowest BCUT2D eigenvalue weighted by Crippen LogP contribution is -2.15. The first-order valence-electron chi connectivity index (χ1n) is 5.06. The summed E-state index contributed by atoms with van der Waals surface area (Å²) in [5.74, 6) is -1.11. The van der Waals surface area contributed by atoms with Crippen molar-refractivity contribution in [1.29, 1.82) is 0 Å². The molecule has 94 valence electrons. The number of rotatable bonds is 2. The number of nitrogens with two attached hydrogens (primary N) is 1. The molecular formula is C11H10BrFN4O. The van der Waals surface area contributed by atoms with Crippen LogP contribution in [-0.2, 0) is 0 Å². The zero-order valence-electron chi connectivity index (χ0n) is 9.42. The Kier molecular flexibility index (Phi) is 3.33. The van der Waals surface area contributed by atoms with Crippen molar-refractivity contribution in [2.75, 3.05) is 11.1 Å². The minimum absolute atomic E-state index is 0.0441. The van der Waals surface area contributed by atoms with Crippen LogP contribution >= 0.6 is 15.9 Å². The van der Waals surface area contributed by atoms with Crippen LogP contribution in [0.3, 0.4) is 0 Å². The molecule has 2 aromatic rings. The second-order valence-corrected chi connectivity index (χ2v) is 4.52. The molecular weight excluding hydrogens is 303 g/mol. The van der Waals surface area contributed by atoms with E-state index >= 15 is 0 Å². The first-order valence-corrected chi connectivity index (χ1v) is 5.85. The maximum absolute atomic E-state index is 13.5. The van der Waals surface area contributed by atoms with E-state index in [-0.39, 0.29) is 17.1 Å². The molecule has 1 amide bonds. The Morgan fingerprint density at radius 2 is 2.28 bits per heavy atom. The third kappa shape index (κ3) is 2.21. The molecule has 18 heavy (non-hydrogen) atoms. The molecule has 0 spiro atoms. The Morgan fingerprint density at radius 3 is 2.83 bits per heavy atom. The zero-order chi connectivity index (χ0) is 13.3. The normalized spacial score (nSPS) is 10.4. The predicted octanol–water partition coefficient (Wildman–Crippen LogP) is 2.45. The summed E-state index contributed by atoms with van der Waals surface area (Å²) < 4.78 is 14.0. The van der Waals surface area contributed by atoms with Crippen molar-refractivity contribution < 1.29 is 9.18 Å². The SMILES string of the molecule is Cc1[nH]nc(C(=O)Nc2c(F)cccc2Br)c1N. The van der Waals surface area contributed by atoms with Crippen molar-refractivity contribution >= 4 is 33.2 Å². The first kappa shape index (κ1) is 12.6. The van der Waals surface area contributed by atoms with Gasteiger partial charge in [-0.15, -0.1) is 0 Å². The number of carbonyl (C=O) groups excluding carboxylic acids is 1. The molecule has 1 aromatic carbocycles. The van der Waals surface area contributed by atoms with Crippen molar-refractivity contribution in [2.45, 2.75) is 6.92 Å². The molecule has 0 aliphatic heterocycles. The van der Waals surface area contributed by atoms with Gasteiger partial charge in [0.25, 0.3) is 5.91 Å². The van der Waals surface area contributed by atoms with Gasteiger partial charge in [0.1, 0.15) is 5.82 Å². The summed E-state index contributed by atoms with van der Waals surface area (Å²) in [5, 5.41) is 8.79. The van der Waals surface area contributed by atoms with E-state index in [4.69, 9.17) is 5.73 Å². The van der Waals surface area contributed by atoms with Crippen LogP contribution in [0.15, 0.2) is 22.7 Å². The van der Waals surface area contributed by atoms with Gasteiger partial charge in [0, 0.05) is 4.47 Å². The lowest BCUT2D eigenvalue weighted by Gasteiger charge is -2.07. The van der Waals surface area contributed by atoms with Gasteiger partial charge in [0.05, 0.1) is 17.1 Å². The van der Waals surface area contributed by atoms with Gasteiger partial charge in [0.15, 0.2) is 5.69 Å². The van der Waals surface area contributed by atoms with Gasteiger partial charge in [-0.3, -0.25) is 9.89 Å². The molecule has 5 nitrogen and oxygen atoms in total. The van der Waals surface area contributed by atoms with Gasteiger partial charge in [-0.25, -0.2) is 4.39 Å². The number of nitrogens with zero attached hydrogens (tertiary/aromatic N) is 1. The molecule has 0 unspecified atom stereocenters. The summed E-state index contributed by atoms with van der Waals surface area (Å²) in [6.45, 7) is 1.69. The van der Waals surface area contributed by atoms with E-state index in [9.17, 15) is 9.18 Å². The van der Waals surface area contributed by atoms with Crippen LogP contribution in [0, 0.1) is 12.7 Å². The molecule has 1 heterocycles. The van der Waals surface area contributed by atoms with Crippen LogP contribution in [-0.4, -0.2) is 16.1 Å². The molecule has 0 bridgehead atoms. The largest absolute Gasteiger partial charge is 0.395 e. The molecule has 0 aliphatic rings. The number of hydrogen-bond donors (Lipinski definition) is 3. The number of para-hydroxylation sites is 1. The molecule has 0 fully saturated rings. The van der Waals surface area contributed by atoms with Gasteiger partial charge < -0.3 is 11.1 Å². The Morgan fingerprint density at radius 1 is 1.56 bits per heavy atom. The highest BCUT2D eigenvalue weighted by atomic mass is 79.9. The highest BCUT2D eigenvalue weighted by molar-refractivity contribution is 9.10. The van der Waals surface area contributed by atoms with Crippen molar-refractivity contribution in [3.8, 4) is 0 Å². The molecule has 0 saturated heterocycles. The van der Waals surface area contributed by atoms with Crippen LogP contribution in [0.25, 0.3) is 0 Å². The maximum Gasteiger partial charge on any atom is 0.278 e. The summed E-state index contributed by atoms with van der Waals surface area (Å²) in [6, 6.07) is 4.40. The summed E-state index contributed by atoms with van der Waals surface area (Å²) in [7, 11) is 0. The molecule has 1 aromatic heterocycles. The third-order valence-electron chi connectivity index (χ3n) is 2.41. The van der Waals surface area contributed by atoms with Gasteiger partial charge in [-0.2, -0.15) is 5.10 Å². The van der Waals surface area contributed by atoms with Crippen LogP contribution in [0.5, 0.6) is 0 Å². The number of carbonyl (C=O) groups is 1. The summed E-state index contributed by atoms with van der Waals surface area (Å²) in [5.41, 5.74) is 6.62. The number of nitrogen functional groups attached to an aromatic ring is 1. The number of aromatic amines is 1. The molecule has 4 N–H and O–H groups in total. The van der Waals surface area contributed by atoms with E-state index in [2.05, 4.69) is 31.4 Å². The third-order valence-corrected chi connectivity index (χ3v) is 3.07. The molecule has 0 radical (unpaired) electrons. The highest BCUT2D eigenvalue weighted by Gasteiger charge is 2.18. The highest BCUT2D eigenvalue weighted by Crippen LogP contribution is 2.26. The number of aryl methyl sites for hydroxylation is 1. The fraction of sp³-hybridized carbons (Fsp3) is 0.0909. The summed E-state index contributed by atoms with van der Waals surface area (Å²) in [4.78, 5) is 11.9. The minimum Gasteiger partial charge on any atom is -0.395 e. The van der Waals surface area contributed by atoms with Gasteiger partial charge in [0.2, 0.25) is 0 Å². The number of benzene rings is 1. The molecule has 0 aliphatic carbocycles. The lowest BCUT2D eigenvalue weighted by molar-refractivity contribution is 0.102. The number of amides is 1. The van der Waals surface area contributed by atoms with E-state index in [0.717, 1.165) is 0 Å². The first-order chi connectivity index (χ1) is 8.50. The predicted molar refractivity (Wildman–Crippen MR) is 69.8 cm³/mol. The van der Waals surface area contributed by atoms with E-state index in [1.165, 1.54) is 12.1 Å². The second-order valence-electron chi connectivity index (χ2n) is 3.66. The smallest absolute Gasteiger partial charge is 0.278 e. The average Bonchev–Trinajstić information content (AvgIpc) is 2.65. The number of nitrogens with one attached hydrogen (secondary N) is 2. The van der Waals surface area contributed by atoms with E-state index < -0.39 is 11.7 Å². The number of H-pyrrole nitrogens is 1. The Bertz CT molecular complexity index is 591. The number of hydrogen-bond acceptors (Lipinski definition) is 3. The van der Waals surface area contributed by atoms with Crippen LogP contribution in [0.4, 0.5) is 15.8 Å². The van der Waals surface area contributed by atoms with Crippen molar-refractivity contribution in [2.24, 2.45) is 0 Å². The van der Waals surface area contributed by atoms with E-state index in [1.54, 1.807) is 13.0 Å². The van der Waals surface area contributed by atoms with Gasteiger partial charge >= 0.3 is 0 Å². The Hall–Kier alpha value is -1.89. The fourth-order valence-electron chi connectivity index (χ4n) is 1.40. The minimum atomic E-state index is -0.567. The number of halogens is 2. The number of aromatic nitrogens is 2. The average molecular weight is 313 g/mol. The Balaban J connectivity index is 2.30. The van der Waals surface area contributed by atoms with E-state index in [0.29, 0.717) is 10.2 Å². The Labute approximate surface area is 111 Å². The lowest BCUT2D eigenvalue weighted by atomic mass is 10.2. The van der Waals surface area contributed by atoms with Gasteiger partial charge in [-0.05, 0) is 35.0 Å². The summed E-state index contributed by atoms with van der Waals surface area (Å²) >= 11 is 3.16. The summed E-state index contributed by atoms with van der Waals surface area (Å²) in [6.07, 6.45) is 0. The van der Waals surface area contributed by atoms with Crippen molar-refractivity contribution in [3.05, 3.63) is 39.9 Å². The fourth-order valence-corrected chi connectivity index (χ4v) is 1.84. The van der Waals surface area contributed by atoms with Crippen molar-refractivity contribution in [3.63, 3.8) is 0 Å². The molecule has 0 saturated carbocycles. The second kappa shape index (κ2) is 4.77. The zero-order valence-corrected chi connectivity index (χ0v) is 11.0. The topological polar surface area (TPSA) is 83.8 Å². The van der Waals surface area contributed by atoms with Crippen molar-refractivity contribution in [1.82, 2.24) is 10.2 Å². The monoisotopic (exact) mass is 312 g/mol. The molecule has 7 heteroatoms. The van der Waals surface area contributed by atoms with E-state index in [1.807, 2.05) is 0 Å². The maximum atomic E-state index is 13.5. The van der Waals surface area contributed by atoms with Crippen LogP contribution < -0.4 is 11.1 Å². The molecule has 0 atom stereocenters. The van der Waals surface area contributed by atoms with Crippen LogP contribution in [0.2, 0.25) is 0 Å². The van der Waals surface area contributed by atoms with Crippen LogP contribution in [0.1, 0.15) is 16.2 Å². The number of anilines is 2. The molecule has 2 rings (SSSR count).